The molecule has 1 atom stereocenters. The average molecular weight is 411 g/mol. The highest BCUT2D eigenvalue weighted by Gasteiger charge is 2.40. The molecule has 0 radical (unpaired) electrons. The van der Waals surface area contributed by atoms with Gasteiger partial charge in [-0.05, 0) is 29.3 Å². The van der Waals surface area contributed by atoms with Crippen molar-refractivity contribution in [2.45, 2.75) is 25.6 Å². The topological polar surface area (TPSA) is 80.1 Å². The minimum Gasteiger partial charge on any atom is -0.352 e. The normalized spacial score (nSPS) is 15.3. The van der Waals surface area contributed by atoms with E-state index in [1.807, 2.05) is 71.3 Å². The maximum absolute atomic E-state index is 13.3. The summed E-state index contributed by atoms with van der Waals surface area (Å²) in [6.45, 7) is 0.787. The molecular formula is C24H21N5O2. The number of imidazole rings is 1. The Balaban J connectivity index is 1.42. The molecule has 1 aliphatic heterocycles. The second-order valence-electron chi connectivity index (χ2n) is 7.54. The third kappa shape index (κ3) is 3.66. The van der Waals surface area contributed by atoms with Crippen LogP contribution < -0.4 is 10.2 Å². The molecule has 0 bridgehead atoms. The van der Waals surface area contributed by atoms with Crippen molar-refractivity contribution < 1.29 is 9.59 Å². The highest BCUT2D eigenvalue weighted by molar-refractivity contribution is 6.03. The van der Waals surface area contributed by atoms with E-state index in [4.69, 9.17) is 0 Å². The molecule has 2 aromatic heterocycles. The van der Waals surface area contributed by atoms with Crippen molar-refractivity contribution in [1.29, 1.82) is 0 Å². The number of nitrogens with one attached hydrogen (secondary N) is 1. The first-order chi connectivity index (χ1) is 15.2. The molecule has 2 aromatic carbocycles. The van der Waals surface area contributed by atoms with Crippen LogP contribution in [0.15, 0.2) is 79.1 Å². The summed E-state index contributed by atoms with van der Waals surface area (Å²) >= 11 is 0. The van der Waals surface area contributed by atoms with E-state index in [2.05, 4.69) is 15.3 Å². The lowest BCUT2D eigenvalue weighted by Gasteiger charge is -2.16. The maximum atomic E-state index is 13.3. The number of fused-ring (bicyclic) bond motifs is 3. The first kappa shape index (κ1) is 19.0. The van der Waals surface area contributed by atoms with Crippen molar-refractivity contribution in [1.82, 2.24) is 19.9 Å². The number of rotatable bonds is 6. The summed E-state index contributed by atoms with van der Waals surface area (Å²) in [7, 11) is 0. The Bertz CT molecular complexity index is 1240. The van der Waals surface area contributed by atoms with E-state index in [0.29, 0.717) is 19.0 Å². The Hall–Kier alpha value is -4.00. The van der Waals surface area contributed by atoms with Crippen molar-refractivity contribution in [3.05, 3.63) is 90.3 Å². The first-order valence-electron chi connectivity index (χ1n) is 10.2. The van der Waals surface area contributed by atoms with Crippen molar-refractivity contribution in [3.63, 3.8) is 0 Å². The number of para-hydroxylation sites is 2. The molecule has 1 aliphatic rings. The molecule has 3 heterocycles. The summed E-state index contributed by atoms with van der Waals surface area (Å²) in [4.78, 5) is 36.5. The molecular weight excluding hydrogens is 390 g/mol. The van der Waals surface area contributed by atoms with Gasteiger partial charge in [0.2, 0.25) is 11.9 Å². The zero-order valence-corrected chi connectivity index (χ0v) is 16.8. The zero-order valence-electron chi connectivity index (χ0n) is 16.8. The van der Waals surface area contributed by atoms with Crippen LogP contribution in [-0.4, -0.2) is 26.3 Å². The highest BCUT2D eigenvalue weighted by atomic mass is 16.2. The molecule has 0 aliphatic carbocycles. The Morgan fingerprint density at radius 2 is 1.74 bits per heavy atom. The monoisotopic (exact) mass is 411 g/mol. The second kappa shape index (κ2) is 8.02. The summed E-state index contributed by atoms with van der Waals surface area (Å²) in [5.74, 6) is 0.261. The van der Waals surface area contributed by atoms with Crippen LogP contribution in [0.1, 0.15) is 23.6 Å². The molecule has 4 aromatic rings. The third-order valence-electron chi connectivity index (χ3n) is 5.46. The number of hydrogen-bond acceptors (Lipinski definition) is 4. The van der Waals surface area contributed by atoms with Gasteiger partial charge in [-0.3, -0.25) is 24.0 Å². The van der Waals surface area contributed by atoms with E-state index in [1.165, 1.54) is 0 Å². The van der Waals surface area contributed by atoms with E-state index in [-0.39, 0.29) is 18.2 Å². The van der Waals surface area contributed by atoms with E-state index in [0.717, 1.165) is 22.2 Å². The molecule has 5 rings (SSSR count). The molecule has 7 nitrogen and oxygen atoms in total. The van der Waals surface area contributed by atoms with Crippen molar-refractivity contribution >= 4 is 28.8 Å². The van der Waals surface area contributed by atoms with Crippen LogP contribution in [0.3, 0.4) is 0 Å². The van der Waals surface area contributed by atoms with Gasteiger partial charge in [0.1, 0.15) is 6.04 Å². The van der Waals surface area contributed by atoms with Gasteiger partial charge in [0.05, 0.1) is 24.0 Å². The van der Waals surface area contributed by atoms with Crippen LogP contribution in [0.2, 0.25) is 0 Å². The molecule has 0 saturated carbocycles. The van der Waals surface area contributed by atoms with Crippen LogP contribution in [0.5, 0.6) is 0 Å². The van der Waals surface area contributed by atoms with Crippen molar-refractivity contribution in [3.8, 4) is 0 Å². The predicted octanol–water partition coefficient (Wildman–Crippen LogP) is 3.23. The lowest BCUT2D eigenvalue weighted by atomic mass is 10.1. The number of amides is 2. The highest BCUT2D eigenvalue weighted by Crippen LogP contribution is 2.37. The van der Waals surface area contributed by atoms with E-state index >= 15 is 0 Å². The molecule has 31 heavy (non-hydrogen) atoms. The van der Waals surface area contributed by atoms with Gasteiger partial charge >= 0.3 is 0 Å². The Morgan fingerprint density at radius 3 is 2.55 bits per heavy atom. The largest absolute Gasteiger partial charge is 0.352 e. The number of hydrogen-bond donors (Lipinski definition) is 1. The SMILES string of the molecule is O=C(CC1C(=O)N(Cc2cccnc2)c2nc3ccccc3n21)NCc1ccccc1. The molecule has 7 heteroatoms. The third-order valence-corrected chi connectivity index (χ3v) is 5.46. The van der Waals surface area contributed by atoms with Gasteiger partial charge in [-0.25, -0.2) is 4.98 Å². The van der Waals surface area contributed by atoms with Crippen LogP contribution in [0.25, 0.3) is 11.0 Å². The standard InChI is InChI=1S/C24H21N5O2/c30-22(26-15-17-7-2-1-3-8-17)13-21-23(31)28(16-18-9-6-12-25-14-18)24-27-19-10-4-5-11-20(19)29(21)24/h1-12,14,21H,13,15-16H2,(H,26,30). The molecule has 1 unspecified atom stereocenters. The van der Waals surface area contributed by atoms with E-state index in [1.54, 1.807) is 17.3 Å². The smallest absolute Gasteiger partial charge is 0.253 e. The molecule has 0 saturated heterocycles. The van der Waals surface area contributed by atoms with Crippen LogP contribution >= 0.6 is 0 Å². The van der Waals surface area contributed by atoms with Crippen LogP contribution in [-0.2, 0) is 22.7 Å². The number of anilines is 1. The molecule has 0 spiro atoms. The quantitative estimate of drug-likeness (QED) is 0.528. The molecule has 1 N–H and O–H groups in total. The fourth-order valence-corrected chi connectivity index (χ4v) is 3.96. The average Bonchev–Trinajstić information content (AvgIpc) is 3.30. The Kier molecular flexibility index (Phi) is 4.92. The number of nitrogens with zero attached hydrogens (tertiary/aromatic N) is 4. The maximum Gasteiger partial charge on any atom is 0.253 e. The van der Waals surface area contributed by atoms with Gasteiger partial charge in [-0.2, -0.15) is 0 Å². The number of carbonyl (C=O) groups is 2. The fourth-order valence-electron chi connectivity index (χ4n) is 3.96. The molecule has 2 amide bonds. The van der Waals surface area contributed by atoms with Gasteiger partial charge in [-0.1, -0.05) is 48.5 Å². The molecule has 154 valence electrons. The lowest BCUT2D eigenvalue weighted by Crippen LogP contribution is -2.32. The number of pyridine rings is 1. The predicted molar refractivity (Wildman–Crippen MR) is 117 cm³/mol. The molecule has 0 fully saturated rings. The zero-order chi connectivity index (χ0) is 21.2. The summed E-state index contributed by atoms with van der Waals surface area (Å²) in [5.41, 5.74) is 3.57. The minimum absolute atomic E-state index is 0.0581. The van der Waals surface area contributed by atoms with Gasteiger partial charge < -0.3 is 5.32 Å². The minimum atomic E-state index is -0.630. The Labute approximate surface area is 179 Å². The van der Waals surface area contributed by atoms with Gasteiger partial charge in [0.25, 0.3) is 5.91 Å². The van der Waals surface area contributed by atoms with Crippen LogP contribution in [0.4, 0.5) is 5.95 Å². The summed E-state index contributed by atoms with van der Waals surface area (Å²) < 4.78 is 1.89. The number of carbonyl (C=O) groups excluding carboxylic acids is 2. The van der Waals surface area contributed by atoms with E-state index in [9.17, 15) is 9.59 Å². The number of benzene rings is 2. The fraction of sp³-hybridized carbons (Fsp3) is 0.167. The van der Waals surface area contributed by atoms with Gasteiger partial charge in [0, 0.05) is 18.9 Å². The van der Waals surface area contributed by atoms with Crippen molar-refractivity contribution in [2.75, 3.05) is 4.90 Å². The van der Waals surface area contributed by atoms with E-state index < -0.39 is 6.04 Å². The van der Waals surface area contributed by atoms with Crippen LogP contribution in [0, 0.1) is 0 Å². The summed E-state index contributed by atoms with van der Waals surface area (Å²) in [6.07, 6.45) is 3.49. The first-order valence-corrected chi connectivity index (χ1v) is 10.2. The Morgan fingerprint density at radius 1 is 0.968 bits per heavy atom. The lowest BCUT2D eigenvalue weighted by molar-refractivity contribution is -0.127. The summed E-state index contributed by atoms with van der Waals surface area (Å²) in [5, 5.41) is 2.93. The second-order valence-corrected chi connectivity index (χ2v) is 7.54. The van der Waals surface area contributed by atoms with Gasteiger partial charge in [-0.15, -0.1) is 0 Å². The summed E-state index contributed by atoms with van der Waals surface area (Å²) in [6, 6.07) is 20.5. The van der Waals surface area contributed by atoms with Gasteiger partial charge in [0.15, 0.2) is 0 Å². The van der Waals surface area contributed by atoms with Crippen molar-refractivity contribution in [2.24, 2.45) is 0 Å². The number of aromatic nitrogens is 3.